The second kappa shape index (κ2) is 5.13. The SMILES string of the molecule is COC(=O)c1cc(NN)cc(C(=O)OC)c1. The minimum atomic E-state index is -0.553. The standard InChI is InChI=1S/C10H12N2O4/c1-15-9(13)6-3-7(10(14)16-2)5-8(4-6)12-11/h3-5,12H,11H2,1-2H3. The van der Waals surface area contributed by atoms with E-state index in [1.54, 1.807) is 0 Å². The molecule has 3 N–H and O–H groups in total. The van der Waals surface area contributed by atoms with Gasteiger partial charge in [0, 0.05) is 0 Å². The first-order valence-electron chi connectivity index (χ1n) is 4.40. The molecule has 86 valence electrons. The third-order valence-corrected chi connectivity index (χ3v) is 1.94. The Kier molecular flexibility index (Phi) is 3.84. The molecular weight excluding hydrogens is 212 g/mol. The Balaban J connectivity index is 3.20. The molecule has 0 spiro atoms. The van der Waals surface area contributed by atoms with Gasteiger partial charge in [-0.25, -0.2) is 9.59 Å². The van der Waals surface area contributed by atoms with Gasteiger partial charge in [-0.15, -0.1) is 0 Å². The zero-order valence-electron chi connectivity index (χ0n) is 8.94. The Morgan fingerprint density at radius 2 is 1.50 bits per heavy atom. The lowest BCUT2D eigenvalue weighted by Gasteiger charge is -2.06. The van der Waals surface area contributed by atoms with Gasteiger partial charge in [-0.05, 0) is 18.2 Å². The maximum atomic E-state index is 11.3. The Labute approximate surface area is 92.3 Å². The van der Waals surface area contributed by atoms with Crippen molar-refractivity contribution < 1.29 is 19.1 Å². The molecule has 0 aromatic heterocycles. The highest BCUT2D eigenvalue weighted by atomic mass is 16.5. The molecule has 0 heterocycles. The van der Waals surface area contributed by atoms with Crippen LogP contribution in [0.15, 0.2) is 18.2 Å². The van der Waals surface area contributed by atoms with Gasteiger partial charge in [0.2, 0.25) is 0 Å². The van der Waals surface area contributed by atoms with E-state index in [1.165, 1.54) is 32.4 Å². The smallest absolute Gasteiger partial charge is 0.337 e. The third-order valence-electron chi connectivity index (χ3n) is 1.94. The summed E-state index contributed by atoms with van der Waals surface area (Å²) in [5.74, 6) is 4.11. The molecule has 6 heteroatoms. The molecule has 0 aliphatic carbocycles. The Morgan fingerprint density at radius 1 is 1.06 bits per heavy atom. The van der Waals surface area contributed by atoms with Crippen molar-refractivity contribution in [3.8, 4) is 0 Å². The first-order chi connectivity index (χ1) is 7.62. The van der Waals surface area contributed by atoms with Gasteiger partial charge in [-0.2, -0.15) is 0 Å². The fourth-order valence-electron chi connectivity index (χ4n) is 1.18. The number of hydrogen-bond donors (Lipinski definition) is 2. The molecule has 1 rings (SSSR count). The van der Waals surface area contributed by atoms with Crippen LogP contribution in [-0.2, 0) is 9.47 Å². The van der Waals surface area contributed by atoms with Crippen LogP contribution in [0.25, 0.3) is 0 Å². The van der Waals surface area contributed by atoms with E-state index < -0.39 is 11.9 Å². The first kappa shape index (κ1) is 12.0. The zero-order valence-corrected chi connectivity index (χ0v) is 8.94. The zero-order chi connectivity index (χ0) is 12.1. The molecule has 0 saturated heterocycles. The van der Waals surface area contributed by atoms with Crippen LogP contribution in [0.3, 0.4) is 0 Å². The molecule has 6 nitrogen and oxygen atoms in total. The maximum absolute atomic E-state index is 11.3. The van der Waals surface area contributed by atoms with E-state index in [1.807, 2.05) is 0 Å². The number of carbonyl (C=O) groups excluding carboxylic acids is 2. The van der Waals surface area contributed by atoms with Gasteiger partial charge in [0.1, 0.15) is 0 Å². The number of benzene rings is 1. The number of nitrogens with two attached hydrogens (primary N) is 1. The molecule has 0 radical (unpaired) electrons. The van der Waals surface area contributed by atoms with Crippen molar-refractivity contribution in [2.75, 3.05) is 19.6 Å². The number of hydrogen-bond acceptors (Lipinski definition) is 6. The normalized spacial score (nSPS) is 9.44. The van der Waals surface area contributed by atoms with Crippen LogP contribution < -0.4 is 11.3 Å². The molecule has 0 unspecified atom stereocenters. The predicted octanol–water partition coefficient (Wildman–Crippen LogP) is 0.545. The number of rotatable bonds is 3. The van der Waals surface area contributed by atoms with Crippen LogP contribution in [0.1, 0.15) is 20.7 Å². The fourth-order valence-corrected chi connectivity index (χ4v) is 1.18. The second-order valence-electron chi connectivity index (χ2n) is 2.93. The van der Waals surface area contributed by atoms with Gasteiger partial charge in [0.05, 0.1) is 31.0 Å². The molecule has 0 aliphatic rings. The van der Waals surface area contributed by atoms with Crippen molar-refractivity contribution in [3.05, 3.63) is 29.3 Å². The summed E-state index contributed by atoms with van der Waals surface area (Å²) in [6, 6.07) is 4.31. The molecule has 0 fully saturated rings. The number of hydrazine groups is 1. The predicted molar refractivity (Wildman–Crippen MR) is 56.9 cm³/mol. The summed E-state index contributed by atoms with van der Waals surface area (Å²) in [4.78, 5) is 22.6. The number of ether oxygens (including phenoxy) is 2. The van der Waals surface area contributed by atoms with Crippen LogP contribution >= 0.6 is 0 Å². The van der Waals surface area contributed by atoms with Gasteiger partial charge in [0.15, 0.2) is 0 Å². The minimum absolute atomic E-state index is 0.221. The highest BCUT2D eigenvalue weighted by Crippen LogP contribution is 2.15. The number of nitrogens with one attached hydrogen (secondary N) is 1. The van der Waals surface area contributed by atoms with E-state index in [2.05, 4.69) is 14.9 Å². The quantitative estimate of drug-likeness (QED) is 0.442. The summed E-state index contributed by atoms with van der Waals surface area (Å²) in [5.41, 5.74) is 3.21. The molecule has 0 bridgehead atoms. The van der Waals surface area contributed by atoms with Gasteiger partial charge in [0.25, 0.3) is 0 Å². The Morgan fingerprint density at radius 3 is 1.81 bits per heavy atom. The first-order valence-corrected chi connectivity index (χ1v) is 4.40. The monoisotopic (exact) mass is 224 g/mol. The van der Waals surface area contributed by atoms with Crippen molar-refractivity contribution >= 4 is 17.6 Å². The molecule has 0 atom stereocenters. The number of carbonyl (C=O) groups is 2. The van der Waals surface area contributed by atoms with Crippen molar-refractivity contribution in [1.29, 1.82) is 0 Å². The molecular formula is C10H12N2O4. The van der Waals surface area contributed by atoms with Gasteiger partial charge >= 0.3 is 11.9 Å². The van der Waals surface area contributed by atoms with E-state index >= 15 is 0 Å². The number of nitrogen functional groups attached to an aromatic ring is 1. The Bertz CT molecular complexity index is 383. The molecule has 0 amide bonds. The number of methoxy groups -OCH3 is 2. The fraction of sp³-hybridized carbons (Fsp3) is 0.200. The van der Waals surface area contributed by atoms with Crippen LogP contribution in [0, 0.1) is 0 Å². The van der Waals surface area contributed by atoms with Crippen molar-refractivity contribution in [3.63, 3.8) is 0 Å². The van der Waals surface area contributed by atoms with E-state index in [0.717, 1.165) is 0 Å². The highest BCUT2D eigenvalue weighted by Gasteiger charge is 2.13. The number of anilines is 1. The number of esters is 2. The van der Waals surface area contributed by atoms with Crippen LogP contribution in [0.2, 0.25) is 0 Å². The minimum Gasteiger partial charge on any atom is -0.465 e. The summed E-state index contributed by atoms with van der Waals surface area (Å²) in [5, 5.41) is 0. The van der Waals surface area contributed by atoms with E-state index in [0.29, 0.717) is 5.69 Å². The average molecular weight is 224 g/mol. The van der Waals surface area contributed by atoms with Crippen LogP contribution in [-0.4, -0.2) is 26.2 Å². The van der Waals surface area contributed by atoms with Crippen molar-refractivity contribution in [1.82, 2.24) is 0 Å². The van der Waals surface area contributed by atoms with Gasteiger partial charge in [-0.3, -0.25) is 5.84 Å². The largest absolute Gasteiger partial charge is 0.465 e. The lowest BCUT2D eigenvalue weighted by Crippen LogP contribution is -2.11. The molecule has 1 aromatic rings. The maximum Gasteiger partial charge on any atom is 0.337 e. The highest BCUT2D eigenvalue weighted by molar-refractivity contribution is 5.96. The topological polar surface area (TPSA) is 90.6 Å². The second-order valence-corrected chi connectivity index (χ2v) is 2.93. The van der Waals surface area contributed by atoms with E-state index in [9.17, 15) is 9.59 Å². The van der Waals surface area contributed by atoms with Gasteiger partial charge < -0.3 is 14.9 Å². The third kappa shape index (κ3) is 2.48. The van der Waals surface area contributed by atoms with Crippen molar-refractivity contribution in [2.45, 2.75) is 0 Å². The van der Waals surface area contributed by atoms with Crippen LogP contribution in [0.4, 0.5) is 5.69 Å². The average Bonchev–Trinajstić information content (AvgIpc) is 2.35. The summed E-state index contributed by atoms with van der Waals surface area (Å²) in [6.45, 7) is 0. The van der Waals surface area contributed by atoms with E-state index in [4.69, 9.17) is 5.84 Å². The van der Waals surface area contributed by atoms with Crippen molar-refractivity contribution in [2.24, 2.45) is 5.84 Å². The summed E-state index contributed by atoms with van der Waals surface area (Å²) >= 11 is 0. The summed E-state index contributed by atoms with van der Waals surface area (Å²) in [7, 11) is 2.51. The molecule has 16 heavy (non-hydrogen) atoms. The summed E-state index contributed by atoms with van der Waals surface area (Å²) < 4.78 is 9.09. The molecule has 0 aliphatic heterocycles. The lowest BCUT2D eigenvalue weighted by molar-refractivity contribution is 0.0599. The van der Waals surface area contributed by atoms with E-state index in [-0.39, 0.29) is 11.1 Å². The summed E-state index contributed by atoms with van der Waals surface area (Å²) in [6.07, 6.45) is 0. The Hall–Kier alpha value is -2.08. The molecule has 1 aromatic carbocycles. The molecule has 0 saturated carbocycles. The van der Waals surface area contributed by atoms with Gasteiger partial charge in [-0.1, -0.05) is 0 Å². The lowest BCUT2D eigenvalue weighted by atomic mass is 10.1. The van der Waals surface area contributed by atoms with Crippen LogP contribution in [0.5, 0.6) is 0 Å².